The first-order valence-corrected chi connectivity index (χ1v) is 7.25. The molecule has 0 saturated carbocycles. The van der Waals surface area contributed by atoms with E-state index in [2.05, 4.69) is 77.9 Å². The van der Waals surface area contributed by atoms with Crippen LogP contribution >= 0.6 is 0 Å². The van der Waals surface area contributed by atoms with E-state index in [9.17, 15) is 0 Å². The number of nitrogens with zero attached hydrogens (tertiary/aromatic N) is 1. The molecular formula is C18H24N2. The maximum atomic E-state index is 3.23. The molecular weight excluding hydrogens is 244 g/mol. The summed E-state index contributed by atoms with van der Waals surface area (Å²) in [5.41, 5.74) is 2.77. The zero-order valence-corrected chi connectivity index (χ0v) is 12.4. The largest absolute Gasteiger partial charge is 0.318 e. The number of nitrogens with one attached hydrogen (secondary N) is 1. The molecule has 0 heterocycles. The molecule has 0 fully saturated rings. The van der Waals surface area contributed by atoms with Gasteiger partial charge in [0.25, 0.3) is 0 Å². The van der Waals surface area contributed by atoms with Gasteiger partial charge in [0.05, 0.1) is 0 Å². The van der Waals surface area contributed by atoms with Gasteiger partial charge in [-0.1, -0.05) is 60.7 Å². The second-order valence-corrected chi connectivity index (χ2v) is 5.20. The van der Waals surface area contributed by atoms with Crippen molar-refractivity contribution in [3.63, 3.8) is 0 Å². The summed E-state index contributed by atoms with van der Waals surface area (Å²) in [6.07, 6.45) is 1.05. The molecule has 0 aliphatic carbocycles. The van der Waals surface area contributed by atoms with E-state index in [0.29, 0.717) is 6.04 Å². The predicted octanol–water partition coefficient (Wildman–Crippen LogP) is 3.12. The van der Waals surface area contributed by atoms with E-state index in [4.69, 9.17) is 0 Å². The van der Waals surface area contributed by atoms with Crippen molar-refractivity contribution in [3.05, 3.63) is 71.8 Å². The molecule has 2 rings (SSSR count). The minimum Gasteiger partial charge on any atom is -0.318 e. The normalized spacial score (nSPS) is 12.6. The summed E-state index contributed by atoms with van der Waals surface area (Å²) in [4.78, 5) is 2.43. The summed E-state index contributed by atoms with van der Waals surface area (Å²) in [7, 11) is 4.21. The zero-order valence-electron chi connectivity index (χ0n) is 12.4. The number of likely N-dealkylation sites (N-methyl/N-ethyl adjacent to an activating group) is 2. The second kappa shape index (κ2) is 7.83. The fourth-order valence-corrected chi connectivity index (χ4v) is 2.48. The minimum atomic E-state index is 0.423. The van der Waals surface area contributed by atoms with E-state index in [1.165, 1.54) is 11.1 Å². The molecule has 2 heteroatoms. The lowest BCUT2D eigenvalue weighted by atomic mass is 9.97. The molecule has 0 saturated heterocycles. The SMILES string of the molecule is CNCCN(C)C(Cc1ccccc1)c1ccccc1. The van der Waals surface area contributed by atoms with Crippen LogP contribution in [0, 0.1) is 0 Å². The quantitative estimate of drug-likeness (QED) is 0.830. The zero-order chi connectivity index (χ0) is 14.2. The van der Waals surface area contributed by atoms with Gasteiger partial charge in [0, 0.05) is 19.1 Å². The molecule has 0 radical (unpaired) electrons. The summed E-state index contributed by atoms with van der Waals surface area (Å²) in [6.45, 7) is 2.05. The topological polar surface area (TPSA) is 15.3 Å². The first-order chi connectivity index (χ1) is 9.81. The van der Waals surface area contributed by atoms with Crippen molar-refractivity contribution in [2.45, 2.75) is 12.5 Å². The van der Waals surface area contributed by atoms with Crippen LogP contribution in [0.5, 0.6) is 0 Å². The maximum Gasteiger partial charge on any atom is 0.0385 e. The molecule has 2 nitrogen and oxygen atoms in total. The highest BCUT2D eigenvalue weighted by Crippen LogP contribution is 2.23. The third kappa shape index (κ3) is 4.19. The average Bonchev–Trinajstić information content (AvgIpc) is 2.52. The Kier molecular flexibility index (Phi) is 5.78. The predicted molar refractivity (Wildman–Crippen MR) is 85.9 cm³/mol. The molecule has 20 heavy (non-hydrogen) atoms. The van der Waals surface area contributed by atoms with Crippen LogP contribution in [0.25, 0.3) is 0 Å². The van der Waals surface area contributed by atoms with Crippen LogP contribution in [0.3, 0.4) is 0 Å². The summed E-state index contributed by atoms with van der Waals surface area (Å²) in [5, 5.41) is 3.23. The van der Waals surface area contributed by atoms with E-state index in [1.807, 2.05) is 7.05 Å². The number of benzene rings is 2. The Morgan fingerprint density at radius 2 is 1.55 bits per heavy atom. The molecule has 2 aromatic rings. The first kappa shape index (κ1) is 14.8. The molecule has 0 aliphatic rings. The van der Waals surface area contributed by atoms with Gasteiger partial charge in [-0.2, -0.15) is 0 Å². The fourth-order valence-electron chi connectivity index (χ4n) is 2.48. The van der Waals surface area contributed by atoms with E-state index < -0.39 is 0 Å². The minimum absolute atomic E-state index is 0.423. The van der Waals surface area contributed by atoms with E-state index in [0.717, 1.165) is 19.5 Å². The first-order valence-electron chi connectivity index (χ1n) is 7.25. The summed E-state index contributed by atoms with van der Waals surface area (Å²) < 4.78 is 0. The highest BCUT2D eigenvalue weighted by Gasteiger charge is 2.16. The van der Waals surface area contributed by atoms with Gasteiger partial charge >= 0.3 is 0 Å². The van der Waals surface area contributed by atoms with Crippen molar-refractivity contribution < 1.29 is 0 Å². The third-order valence-electron chi connectivity index (χ3n) is 3.70. The lowest BCUT2D eigenvalue weighted by Crippen LogP contribution is -2.32. The Balaban J connectivity index is 2.16. The Hall–Kier alpha value is -1.64. The van der Waals surface area contributed by atoms with Crippen LogP contribution in [0.4, 0.5) is 0 Å². The lowest BCUT2D eigenvalue weighted by molar-refractivity contribution is 0.245. The highest BCUT2D eigenvalue weighted by atomic mass is 15.1. The smallest absolute Gasteiger partial charge is 0.0385 e. The van der Waals surface area contributed by atoms with Crippen LogP contribution < -0.4 is 5.32 Å². The average molecular weight is 268 g/mol. The molecule has 1 unspecified atom stereocenters. The summed E-state index contributed by atoms with van der Waals surface area (Å²) in [6, 6.07) is 21.9. The molecule has 0 aromatic heterocycles. The Labute approximate surface area is 122 Å². The van der Waals surface area contributed by atoms with Crippen molar-refractivity contribution in [2.75, 3.05) is 27.2 Å². The molecule has 1 atom stereocenters. The Morgan fingerprint density at radius 3 is 2.15 bits per heavy atom. The Morgan fingerprint density at radius 1 is 0.950 bits per heavy atom. The van der Waals surface area contributed by atoms with E-state index >= 15 is 0 Å². The summed E-state index contributed by atoms with van der Waals surface area (Å²) in [5.74, 6) is 0. The van der Waals surface area contributed by atoms with Crippen molar-refractivity contribution in [1.82, 2.24) is 10.2 Å². The van der Waals surface area contributed by atoms with E-state index in [1.54, 1.807) is 0 Å². The molecule has 0 aliphatic heterocycles. The van der Waals surface area contributed by atoms with Gasteiger partial charge in [-0.25, -0.2) is 0 Å². The molecule has 0 spiro atoms. The molecule has 1 N–H and O–H groups in total. The van der Waals surface area contributed by atoms with Crippen LogP contribution in [-0.4, -0.2) is 32.1 Å². The van der Waals surface area contributed by atoms with Crippen molar-refractivity contribution in [2.24, 2.45) is 0 Å². The lowest BCUT2D eigenvalue weighted by Gasteiger charge is -2.28. The monoisotopic (exact) mass is 268 g/mol. The fraction of sp³-hybridized carbons (Fsp3) is 0.333. The van der Waals surface area contributed by atoms with E-state index in [-0.39, 0.29) is 0 Å². The molecule has 0 bridgehead atoms. The molecule has 2 aromatic carbocycles. The van der Waals surface area contributed by atoms with Crippen molar-refractivity contribution >= 4 is 0 Å². The molecule has 106 valence electrons. The third-order valence-corrected chi connectivity index (χ3v) is 3.70. The van der Waals surface area contributed by atoms with Gasteiger partial charge in [-0.15, -0.1) is 0 Å². The van der Waals surface area contributed by atoms with Gasteiger partial charge in [0.1, 0.15) is 0 Å². The van der Waals surface area contributed by atoms with Gasteiger partial charge in [-0.05, 0) is 31.6 Å². The van der Waals surface area contributed by atoms with Gasteiger partial charge in [-0.3, -0.25) is 4.90 Å². The van der Waals surface area contributed by atoms with Crippen LogP contribution in [0.2, 0.25) is 0 Å². The van der Waals surface area contributed by atoms with Crippen molar-refractivity contribution in [3.8, 4) is 0 Å². The van der Waals surface area contributed by atoms with Gasteiger partial charge in [0.2, 0.25) is 0 Å². The highest BCUT2D eigenvalue weighted by molar-refractivity contribution is 5.23. The maximum absolute atomic E-state index is 3.23. The van der Waals surface area contributed by atoms with Crippen LogP contribution in [-0.2, 0) is 6.42 Å². The summed E-state index contributed by atoms with van der Waals surface area (Å²) >= 11 is 0. The number of hydrogen-bond acceptors (Lipinski definition) is 2. The number of hydrogen-bond donors (Lipinski definition) is 1. The van der Waals surface area contributed by atoms with Crippen LogP contribution in [0.1, 0.15) is 17.2 Å². The van der Waals surface area contributed by atoms with Crippen molar-refractivity contribution in [1.29, 1.82) is 0 Å². The van der Waals surface area contributed by atoms with Gasteiger partial charge in [0.15, 0.2) is 0 Å². The number of rotatable bonds is 7. The Bertz CT molecular complexity index is 481. The van der Waals surface area contributed by atoms with Gasteiger partial charge < -0.3 is 5.32 Å². The van der Waals surface area contributed by atoms with Crippen LogP contribution in [0.15, 0.2) is 60.7 Å². The second-order valence-electron chi connectivity index (χ2n) is 5.20. The standard InChI is InChI=1S/C18H24N2/c1-19-13-14-20(2)18(17-11-7-4-8-12-17)15-16-9-5-3-6-10-16/h3-12,18-19H,13-15H2,1-2H3. The molecule has 0 amide bonds.